The number of rotatable bonds is 5. The van der Waals surface area contributed by atoms with Gasteiger partial charge in [-0.25, -0.2) is 0 Å². The van der Waals surface area contributed by atoms with E-state index in [9.17, 15) is 0 Å². The molecule has 0 bridgehead atoms. The lowest BCUT2D eigenvalue weighted by Crippen LogP contribution is -2.38. The third kappa shape index (κ3) is 6.82. The van der Waals surface area contributed by atoms with Gasteiger partial charge in [0.15, 0.2) is 0 Å². The lowest BCUT2D eigenvalue weighted by molar-refractivity contribution is 0.597. The van der Waals surface area contributed by atoms with Gasteiger partial charge in [0.2, 0.25) is 0 Å². The van der Waals surface area contributed by atoms with Crippen molar-refractivity contribution in [2.45, 2.75) is 77.0 Å². The van der Waals surface area contributed by atoms with E-state index in [1.54, 1.807) is 0 Å². The lowest BCUT2D eigenvalue weighted by atomic mass is 9.65. The van der Waals surface area contributed by atoms with Crippen LogP contribution >= 0.6 is 0 Å². The van der Waals surface area contributed by atoms with E-state index in [2.05, 4.69) is 308 Å². The first-order valence-corrected chi connectivity index (χ1v) is 29.3. The fourth-order valence-electron chi connectivity index (χ4n) is 15.2. The minimum atomic E-state index is -0.319. The van der Waals surface area contributed by atoms with Crippen LogP contribution < -0.4 is 9.80 Å². The summed E-state index contributed by atoms with van der Waals surface area (Å²) in [6, 6.07) is 92.1. The maximum Gasteiger partial charge on any atom is 0.0544 e. The lowest BCUT2D eigenvalue weighted by Gasteiger charge is -2.50. The van der Waals surface area contributed by atoms with E-state index in [-0.39, 0.29) is 21.7 Å². The van der Waals surface area contributed by atoms with E-state index in [0.29, 0.717) is 0 Å². The molecule has 0 spiro atoms. The van der Waals surface area contributed by atoms with E-state index in [1.807, 2.05) is 0 Å². The average molecular weight is 1050 g/mol. The number of nitrogens with zero attached hydrogens (tertiary/aromatic N) is 2. The Kier molecular flexibility index (Phi) is 10.2. The zero-order valence-corrected chi connectivity index (χ0v) is 48.0. The van der Waals surface area contributed by atoms with Gasteiger partial charge in [0.05, 0.1) is 34.1 Å². The first kappa shape index (κ1) is 48.6. The molecule has 4 heterocycles. The molecule has 394 valence electrons. The summed E-state index contributed by atoms with van der Waals surface area (Å²) < 4.78 is 0. The molecule has 0 aliphatic carbocycles. The number of para-hydroxylation sites is 2. The zero-order chi connectivity index (χ0) is 55.6. The van der Waals surface area contributed by atoms with Gasteiger partial charge in [-0.2, -0.15) is 0 Å². The molecule has 12 aromatic rings. The van der Waals surface area contributed by atoms with E-state index in [0.717, 1.165) is 0 Å². The van der Waals surface area contributed by atoms with Gasteiger partial charge in [0.25, 0.3) is 0 Å². The third-order valence-corrected chi connectivity index (χ3v) is 19.8. The highest BCUT2D eigenvalue weighted by molar-refractivity contribution is 6.02. The molecule has 0 radical (unpaired) electrons. The average Bonchev–Trinajstić information content (AvgIpc) is 1.18. The zero-order valence-electron chi connectivity index (χ0n) is 48.0. The highest BCUT2D eigenvalue weighted by Crippen LogP contribution is 2.63. The highest BCUT2D eigenvalue weighted by Gasteiger charge is 2.48. The predicted molar refractivity (Wildman–Crippen MR) is 347 cm³/mol. The molecule has 0 atom stereocenters. The molecule has 2 heteroatoms. The standard InChI is InChI=1S/C80H64N2/c1-77(2)63-27-13-15-29-71(63)81-72-30-16-14-28-64(72)78(3,4)68-46-57(45-67(77)75(68)81)51-35-31-49(32-36-51)50-33-37-52(38-34-50)58-47-69-76-70(48-58)80(7,8)66-44-56(62-26-18-22-54-20-10-12-24-60(54)62)40-42-74(66)82(76)73-41-39-55(43-65(73)79(69,5)6)61-25-17-21-53-19-9-11-23-59(53)61/h9-48H,1-8H3. The second kappa shape index (κ2) is 17.1. The summed E-state index contributed by atoms with van der Waals surface area (Å²) in [6.07, 6.45) is 0. The molecule has 0 unspecified atom stereocenters. The van der Waals surface area contributed by atoms with Crippen LogP contribution in [0.5, 0.6) is 0 Å². The van der Waals surface area contributed by atoms with Crippen molar-refractivity contribution in [1.82, 2.24) is 0 Å². The molecule has 82 heavy (non-hydrogen) atoms. The maximum absolute atomic E-state index is 2.61. The number of benzene rings is 12. The van der Waals surface area contributed by atoms with Gasteiger partial charge in [-0.3, -0.25) is 0 Å². The molecule has 0 N–H and O–H groups in total. The third-order valence-electron chi connectivity index (χ3n) is 19.8. The van der Waals surface area contributed by atoms with Gasteiger partial charge >= 0.3 is 0 Å². The summed E-state index contributed by atoms with van der Waals surface area (Å²) >= 11 is 0. The van der Waals surface area contributed by atoms with E-state index < -0.39 is 0 Å². The van der Waals surface area contributed by atoms with Crippen molar-refractivity contribution in [2.24, 2.45) is 0 Å². The largest absolute Gasteiger partial charge is 0.309 e. The molecule has 0 fully saturated rings. The van der Waals surface area contributed by atoms with Crippen LogP contribution in [0.4, 0.5) is 34.1 Å². The molecule has 16 rings (SSSR count). The first-order valence-electron chi connectivity index (χ1n) is 29.3. The van der Waals surface area contributed by atoms with Crippen LogP contribution in [0.3, 0.4) is 0 Å². The minimum absolute atomic E-state index is 0.184. The van der Waals surface area contributed by atoms with Gasteiger partial charge in [0, 0.05) is 21.7 Å². The van der Waals surface area contributed by atoms with Crippen LogP contribution in [-0.2, 0) is 21.7 Å². The van der Waals surface area contributed by atoms with Crippen molar-refractivity contribution in [3.63, 3.8) is 0 Å². The summed E-state index contributed by atoms with van der Waals surface area (Å²) in [5.74, 6) is 0. The van der Waals surface area contributed by atoms with E-state index in [1.165, 1.54) is 156 Å². The fraction of sp³-hybridized carbons (Fsp3) is 0.150. The van der Waals surface area contributed by atoms with Crippen molar-refractivity contribution in [1.29, 1.82) is 0 Å². The van der Waals surface area contributed by atoms with Crippen LogP contribution in [0.25, 0.3) is 77.2 Å². The Morgan fingerprint density at radius 1 is 0.220 bits per heavy atom. The number of fused-ring (bicyclic) bond motifs is 10. The van der Waals surface area contributed by atoms with Gasteiger partial charge in [-0.15, -0.1) is 0 Å². The Bertz CT molecular complexity index is 4430. The van der Waals surface area contributed by atoms with Gasteiger partial charge in [0.1, 0.15) is 0 Å². The van der Waals surface area contributed by atoms with Crippen molar-refractivity contribution < 1.29 is 0 Å². The molecule has 4 aliphatic heterocycles. The van der Waals surface area contributed by atoms with Crippen LogP contribution in [-0.4, -0.2) is 0 Å². The Hall–Kier alpha value is -9.24. The van der Waals surface area contributed by atoms with Crippen molar-refractivity contribution in [3.05, 3.63) is 287 Å². The summed E-state index contributed by atoms with van der Waals surface area (Å²) in [6.45, 7) is 19.4. The van der Waals surface area contributed by atoms with Crippen molar-refractivity contribution in [3.8, 4) is 55.6 Å². The smallest absolute Gasteiger partial charge is 0.0544 e. The Morgan fingerprint density at radius 2 is 0.500 bits per heavy atom. The second-order valence-electron chi connectivity index (χ2n) is 25.7. The molecule has 0 saturated heterocycles. The molecule has 2 nitrogen and oxygen atoms in total. The molecule has 12 aromatic carbocycles. The Balaban J connectivity index is 0.799. The van der Waals surface area contributed by atoms with Crippen LogP contribution in [0, 0.1) is 0 Å². The molecular formula is C80H64N2. The van der Waals surface area contributed by atoms with Gasteiger partial charge in [-0.1, -0.05) is 237 Å². The first-order chi connectivity index (χ1) is 39.7. The number of hydrogen-bond donors (Lipinski definition) is 0. The molecule has 4 aliphatic rings. The predicted octanol–water partition coefficient (Wildman–Crippen LogP) is 21.8. The second-order valence-corrected chi connectivity index (χ2v) is 25.7. The fourth-order valence-corrected chi connectivity index (χ4v) is 15.2. The highest BCUT2D eigenvalue weighted by atomic mass is 15.2. The molecule has 0 saturated carbocycles. The maximum atomic E-state index is 2.61. The van der Waals surface area contributed by atoms with Crippen LogP contribution in [0.1, 0.15) is 99.9 Å². The van der Waals surface area contributed by atoms with Crippen LogP contribution in [0.15, 0.2) is 243 Å². The Morgan fingerprint density at radius 3 is 0.890 bits per heavy atom. The summed E-state index contributed by atoms with van der Waals surface area (Å²) in [5, 5.41) is 5.06. The molecule has 0 aromatic heterocycles. The van der Waals surface area contributed by atoms with Gasteiger partial charge < -0.3 is 9.80 Å². The molecule has 0 amide bonds. The van der Waals surface area contributed by atoms with Crippen LogP contribution in [0.2, 0.25) is 0 Å². The monoisotopic (exact) mass is 1050 g/mol. The normalized spacial score (nSPS) is 15.9. The number of anilines is 6. The molecular weight excluding hydrogens is 989 g/mol. The number of hydrogen-bond acceptors (Lipinski definition) is 2. The van der Waals surface area contributed by atoms with Crippen molar-refractivity contribution >= 4 is 55.7 Å². The SMILES string of the molecule is CC1(C)c2ccccc2N2c3ccccc3C(C)(C)c3cc(-c4ccc(-c5ccc(-c6cc7c8c(c6)C(C)(C)c6cc(-c9cccc%10ccccc9%10)ccc6N8c6ccc(-c8cccc9ccccc89)cc6C7(C)C)cc5)cc4)cc1c32. The van der Waals surface area contributed by atoms with Gasteiger partial charge in [-0.05, 0) is 182 Å². The van der Waals surface area contributed by atoms with Crippen molar-refractivity contribution in [2.75, 3.05) is 9.80 Å². The summed E-state index contributed by atoms with van der Waals surface area (Å²) in [5.41, 5.74) is 29.9. The topological polar surface area (TPSA) is 6.48 Å². The van der Waals surface area contributed by atoms with E-state index >= 15 is 0 Å². The Labute approximate surface area is 482 Å². The summed E-state index contributed by atoms with van der Waals surface area (Å²) in [7, 11) is 0. The minimum Gasteiger partial charge on any atom is -0.309 e. The quantitative estimate of drug-likeness (QED) is 0.169. The summed E-state index contributed by atoms with van der Waals surface area (Å²) in [4.78, 5) is 5.15. The van der Waals surface area contributed by atoms with E-state index in [4.69, 9.17) is 0 Å².